The van der Waals surface area contributed by atoms with E-state index in [1.165, 1.54) is 44.1 Å². The van der Waals surface area contributed by atoms with Crippen molar-refractivity contribution in [2.45, 2.75) is 64.0 Å². The highest BCUT2D eigenvalue weighted by atomic mass is 35.5. The summed E-state index contributed by atoms with van der Waals surface area (Å²) in [5, 5.41) is 4.69. The third kappa shape index (κ3) is 3.99. The molecule has 20 heavy (non-hydrogen) atoms. The molecule has 2 aliphatic rings. The zero-order valence-corrected chi connectivity index (χ0v) is 13.2. The lowest BCUT2D eigenvalue weighted by molar-refractivity contribution is 0.248. The topological polar surface area (TPSA) is 12.0 Å². The van der Waals surface area contributed by atoms with Crippen LogP contribution in [0.4, 0.5) is 0 Å². The van der Waals surface area contributed by atoms with Crippen LogP contribution in [0.25, 0.3) is 0 Å². The molecule has 110 valence electrons. The average molecular weight is 292 g/mol. The van der Waals surface area contributed by atoms with Crippen molar-refractivity contribution in [1.29, 1.82) is 0 Å². The fourth-order valence-electron chi connectivity index (χ4n) is 3.81. The SMILES string of the molecule is CC(Cc1ccc(Cl)cc1)NC1CCCC(C2CC2)C1. The monoisotopic (exact) mass is 291 g/mol. The van der Waals surface area contributed by atoms with Crippen LogP contribution in [0, 0.1) is 11.8 Å². The maximum Gasteiger partial charge on any atom is 0.0406 e. The highest BCUT2D eigenvalue weighted by Crippen LogP contribution is 2.43. The van der Waals surface area contributed by atoms with Crippen molar-refractivity contribution in [3.63, 3.8) is 0 Å². The minimum Gasteiger partial charge on any atom is -0.311 e. The molecule has 2 heteroatoms. The minimum absolute atomic E-state index is 0.555. The van der Waals surface area contributed by atoms with Crippen LogP contribution in [-0.4, -0.2) is 12.1 Å². The summed E-state index contributed by atoms with van der Waals surface area (Å²) >= 11 is 5.94. The van der Waals surface area contributed by atoms with Crippen molar-refractivity contribution >= 4 is 11.6 Å². The third-order valence-electron chi connectivity index (χ3n) is 4.98. The van der Waals surface area contributed by atoms with E-state index in [1.807, 2.05) is 12.1 Å². The Morgan fingerprint density at radius 3 is 2.55 bits per heavy atom. The number of nitrogens with one attached hydrogen (secondary N) is 1. The number of hydrogen-bond donors (Lipinski definition) is 1. The van der Waals surface area contributed by atoms with Crippen LogP contribution < -0.4 is 5.32 Å². The summed E-state index contributed by atoms with van der Waals surface area (Å²) in [6, 6.07) is 9.58. The first-order valence-electron chi connectivity index (χ1n) is 8.21. The average Bonchev–Trinajstić information content (AvgIpc) is 3.26. The highest BCUT2D eigenvalue weighted by Gasteiger charge is 2.34. The van der Waals surface area contributed by atoms with E-state index in [-0.39, 0.29) is 0 Å². The molecule has 0 bridgehead atoms. The Balaban J connectivity index is 1.47. The van der Waals surface area contributed by atoms with Crippen LogP contribution in [0.5, 0.6) is 0 Å². The first-order valence-corrected chi connectivity index (χ1v) is 8.59. The molecule has 1 nitrogen and oxygen atoms in total. The van der Waals surface area contributed by atoms with Gasteiger partial charge in [-0.1, -0.05) is 36.6 Å². The number of benzene rings is 1. The van der Waals surface area contributed by atoms with E-state index in [1.54, 1.807) is 0 Å². The van der Waals surface area contributed by atoms with E-state index in [0.29, 0.717) is 6.04 Å². The van der Waals surface area contributed by atoms with Gasteiger partial charge in [-0.05, 0) is 68.6 Å². The van der Waals surface area contributed by atoms with E-state index in [0.717, 1.165) is 29.3 Å². The maximum atomic E-state index is 5.94. The molecule has 0 heterocycles. The largest absolute Gasteiger partial charge is 0.311 e. The van der Waals surface area contributed by atoms with Crippen LogP contribution in [0.3, 0.4) is 0 Å². The maximum absolute atomic E-state index is 5.94. The summed E-state index contributed by atoms with van der Waals surface area (Å²) in [5.41, 5.74) is 1.38. The van der Waals surface area contributed by atoms with Crippen LogP contribution in [-0.2, 0) is 6.42 Å². The molecule has 3 atom stereocenters. The normalized spacial score (nSPS) is 28.3. The van der Waals surface area contributed by atoms with Gasteiger partial charge < -0.3 is 5.32 Å². The van der Waals surface area contributed by atoms with Crippen molar-refractivity contribution in [2.75, 3.05) is 0 Å². The van der Waals surface area contributed by atoms with Crippen molar-refractivity contribution in [2.24, 2.45) is 11.8 Å². The van der Waals surface area contributed by atoms with E-state index in [9.17, 15) is 0 Å². The molecule has 0 amide bonds. The Bertz CT molecular complexity index is 424. The Morgan fingerprint density at radius 1 is 1.10 bits per heavy atom. The van der Waals surface area contributed by atoms with Gasteiger partial charge in [-0.15, -0.1) is 0 Å². The molecule has 1 N–H and O–H groups in total. The fourth-order valence-corrected chi connectivity index (χ4v) is 3.94. The zero-order chi connectivity index (χ0) is 13.9. The Labute approximate surface area is 128 Å². The molecule has 3 rings (SSSR count). The predicted octanol–water partition coefficient (Wildman–Crippen LogP) is 4.83. The van der Waals surface area contributed by atoms with Gasteiger partial charge in [0.25, 0.3) is 0 Å². The molecule has 0 aliphatic heterocycles. The van der Waals surface area contributed by atoms with Gasteiger partial charge in [-0.3, -0.25) is 0 Å². The van der Waals surface area contributed by atoms with Gasteiger partial charge in [0.05, 0.1) is 0 Å². The molecule has 0 spiro atoms. The molecule has 2 saturated carbocycles. The second-order valence-electron chi connectivity index (χ2n) is 6.86. The summed E-state index contributed by atoms with van der Waals surface area (Å²) in [5.74, 6) is 2.09. The second kappa shape index (κ2) is 6.49. The van der Waals surface area contributed by atoms with Crippen LogP contribution in [0.15, 0.2) is 24.3 Å². The zero-order valence-electron chi connectivity index (χ0n) is 12.4. The first kappa shape index (κ1) is 14.4. The van der Waals surface area contributed by atoms with Crippen LogP contribution in [0.1, 0.15) is 51.0 Å². The molecule has 2 aliphatic carbocycles. The van der Waals surface area contributed by atoms with E-state index in [4.69, 9.17) is 11.6 Å². The van der Waals surface area contributed by atoms with Gasteiger partial charge in [-0.25, -0.2) is 0 Å². The van der Waals surface area contributed by atoms with Gasteiger partial charge in [0.2, 0.25) is 0 Å². The van der Waals surface area contributed by atoms with E-state index < -0.39 is 0 Å². The lowest BCUT2D eigenvalue weighted by Crippen LogP contribution is -2.41. The lowest BCUT2D eigenvalue weighted by Gasteiger charge is -2.32. The fraction of sp³-hybridized carbons (Fsp3) is 0.667. The first-order chi connectivity index (χ1) is 9.70. The van der Waals surface area contributed by atoms with Gasteiger partial charge in [0, 0.05) is 17.1 Å². The van der Waals surface area contributed by atoms with Gasteiger partial charge in [0.15, 0.2) is 0 Å². The smallest absolute Gasteiger partial charge is 0.0406 e. The van der Waals surface area contributed by atoms with Crippen molar-refractivity contribution in [3.05, 3.63) is 34.9 Å². The minimum atomic E-state index is 0.555. The van der Waals surface area contributed by atoms with E-state index >= 15 is 0 Å². The van der Waals surface area contributed by atoms with Gasteiger partial charge in [-0.2, -0.15) is 0 Å². The molecule has 1 aromatic rings. The van der Waals surface area contributed by atoms with Crippen LogP contribution in [0.2, 0.25) is 5.02 Å². The van der Waals surface area contributed by atoms with E-state index in [2.05, 4.69) is 24.4 Å². The summed E-state index contributed by atoms with van der Waals surface area (Å²) in [4.78, 5) is 0. The molecule has 0 saturated heterocycles. The van der Waals surface area contributed by atoms with Crippen molar-refractivity contribution < 1.29 is 0 Å². The highest BCUT2D eigenvalue weighted by molar-refractivity contribution is 6.30. The summed E-state index contributed by atoms with van der Waals surface area (Å²) in [6.07, 6.45) is 9.78. The summed E-state index contributed by atoms with van der Waals surface area (Å²) < 4.78 is 0. The molecule has 2 fully saturated rings. The second-order valence-corrected chi connectivity index (χ2v) is 7.30. The molecule has 0 radical (unpaired) electrons. The molecular weight excluding hydrogens is 266 g/mol. The molecular formula is C18H26ClN. The third-order valence-corrected chi connectivity index (χ3v) is 5.23. The molecule has 3 unspecified atom stereocenters. The quantitative estimate of drug-likeness (QED) is 0.819. The predicted molar refractivity (Wildman–Crippen MR) is 86.2 cm³/mol. The summed E-state index contributed by atoms with van der Waals surface area (Å²) in [7, 11) is 0. The number of hydrogen-bond acceptors (Lipinski definition) is 1. The molecule has 0 aromatic heterocycles. The molecule has 1 aromatic carbocycles. The van der Waals surface area contributed by atoms with Crippen molar-refractivity contribution in [1.82, 2.24) is 5.32 Å². The Hall–Kier alpha value is -0.530. The summed E-state index contributed by atoms with van der Waals surface area (Å²) in [6.45, 7) is 2.31. The Morgan fingerprint density at radius 2 is 1.85 bits per heavy atom. The lowest BCUT2D eigenvalue weighted by atomic mass is 9.82. The van der Waals surface area contributed by atoms with Crippen LogP contribution >= 0.6 is 11.6 Å². The van der Waals surface area contributed by atoms with Gasteiger partial charge in [0.1, 0.15) is 0 Å². The van der Waals surface area contributed by atoms with Crippen molar-refractivity contribution in [3.8, 4) is 0 Å². The number of rotatable bonds is 5. The Kier molecular flexibility index (Phi) is 4.68. The van der Waals surface area contributed by atoms with Gasteiger partial charge >= 0.3 is 0 Å². The number of halogens is 1. The standard InChI is InChI=1S/C18H26ClN/c1-13(11-14-5-9-17(19)10-6-14)20-18-4-2-3-16(12-18)15-7-8-15/h5-6,9-10,13,15-16,18,20H,2-4,7-8,11-12H2,1H3.